The molecule has 1 unspecified atom stereocenters. The van der Waals surface area contributed by atoms with Crippen molar-refractivity contribution in [3.63, 3.8) is 0 Å². The van der Waals surface area contributed by atoms with Crippen LogP contribution in [0.5, 0.6) is 0 Å². The van der Waals surface area contributed by atoms with Crippen molar-refractivity contribution in [1.29, 1.82) is 0 Å². The van der Waals surface area contributed by atoms with Gasteiger partial charge in [0.25, 0.3) is 0 Å². The molecule has 1 aliphatic rings. The predicted octanol–water partition coefficient (Wildman–Crippen LogP) is 2.39. The van der Waals surface area contributed by atoms with Crippen LogP contribution in [0.4, 0.5) is 0 Å². The maximum absolute atomic E-state index is 12.0. The van der Waals surface area contributed by atoms with Gasteiger partial charge < -0.3 is 9.64 Å². The molecule has 21 heavy (non-hydrogen) atoms. The lowest BCUT2D eigenvalue weighted by Crippen LogP contribution is -2.29. The van der Waals surface area contributed by atoms with Gasteiger partial charge in [0.15, 0.2) is 0 Å². The van der Waals surface area contributed by atoms with Gasteiger partial charge in [-0.05, 0) is 30.5 Å². The number of aromatic nitrogens is 1. The highest BCUT2D eigenvalue weighted by Crippen LogP contribution is 2.38. The molecular formula is C15H20N2O3S. The van der Waals surface area contributed by atoms with Crippen molar-refractivity contribution in [2.24, 2.45) is 0 Å². The number of nitrogens with zero attached hydrogens (tertiary/aromatic N) is 2. The van der Waals surface area contributed by atoms with Crippen LogP contribution < -0.4 is 0 Å². The number of amides is 1. The summed E-state index contributed by atoms with van der Waals surface area (Å²) in [6.45, 7) is 0.736. The highest BCUT2D eigenvalue weighted by Gasteiger charge is 2.32. The first-order valence-corrected chi connectivity index (χ1v) is 8.15. The van der Waals surface area contributed by atoms with Gasteiger partial charge in [-0.15, -0.1) is 11.8 Å². The fourth-order valence-corrected chi connectivity index (χ4v) is 3.55. The number of methoxy groups -OCH3 is 1. The average Bonchev–Trinajstić information content (AvgIpc) is 2.88. The number of unbranched alkanes of at least 4 members (excludes halogenated alkanes) is 2. The molecule has 5 nitrogen and oxygen atoms in total. The molecule has 0 spiro atoms. The molecule has 0 saturated carbocycles. The van der Waals surface area contributed by atoms with E-state index in [0.29, 0.717) is 12.2 Å². The third-order valence-corrected chi connectivity index (χ3v) is 4.72. The molecule has 2 rings (SSSR count). The first-order chi connectivity index (χ1) is 10.2. The molecule has 0 radical (unpaired) electrons. The van der Waals surface area contributed by atoms with Crippen LogP contribution >= 0.6 is 11.8 Å². The lowest BCUT2D eigenvalue weighted by atomic mass is 10.1. The van der Waals surface area contributed by atoms with Gasteiger partial charge in [0, 0.05) is 25.4 Å². The molecule has 1 fully saturated rings. The number of thioether (sulfide) groups is 1. The summed E-state index contributed by atoms with van der Waals surface area (Å²) in [4.78, 5) is 29.0. The van der Waals surface area contributed by atoms with E-state index in [1.165, 1.54) is 7.11 Å². The van der Waals surface area contributed by atoms with Gasteiger partial charge in [0.1, 0.15) is 5.37 Å². The van der Waals surface area contributed by atoms with Crippen LogP contribution in [-0.2, 0) is 14.3 Å². The Morgan fingerprint density at radius 1 is 1.38 bits per heavy atom. The van der Waals surface area contributed by atoms with Crippen molar-refractivity contribution < 1.29 is 14.3 Å². The van der Waals surface area contributed by atoms with Crippen molar-refractivity contribution in [2.45, 2.75) is 31.1 Å². The molecular weight excluding hydrogens is 288 g/mol. The summed E-state index contributed by atoms with van der Waals surface area (Å²) in [5, 5.41) is 0.0982. The normalized spacial score (nSPS) is 18.0. The lowest BCUT2D eigenvalue weighted by Gasteiger charge is -2.24. The summed E-state index contributed by atoms with van der Waals surface area (Å²) in [5.74, 6) is 0.557. The van der Waals surface area contributed by atoms with Crippen molar-refractivity contribution in [3.05, 3.63) is 30.1 Å². The summed E-state index contributed by atoms with van der Waals surface area (Å²) in [5.41, 5.74) is 1.12. The van der Waals surface area contributed by atoms with Crippen LogP contribution in [-0.4, -0.2) is 41.2 Å². The number of carbonyl (C=O) groups is 2. The monoisotopic (exact) mass is 308 g/mol. The van der Waals surface area contributed by atoms with Crippen LogP contribution in [0.1, 0.15) is 36.6 Å². The van der Waals surface area contributed by atoms with Gasteiger partial charge in [-0.1, -0.05) is 6.42 Å². The largest absolute Gasteiger partial charge is 0.469 e. The van der Waals surface area contributed by atoms with Crippen LogP contribution in [0.25, 0.3) is 0 Å². The molecule has 0 N–H and O–H groups in total. The SMILES string of the molecule is COC(=O)CCCCCN1C(=O)CSC1c1ccncc1. The van der Waals surface area contributed by atoms with Crippen LogP contribution in [0, 0.1) is 0 Å². The summed E-state index contributed by atoms with van der Waals surface area (Å²) >= 11 is 1.66. The quantitative estimate of drug-likeness (QED) is 0.572. The van der Waals surface area contributed by atoms with E-state index in [1.54, 1.807) is 24.2 Å². The molecule has 114 valence electrons. The Morgan fingerprint density at radius 2 is 2.14 bits per heavy atom. The number of hydrogen-bond acceptors (Lipinski definition) is 5. The maximum Gasteiger partial charge on any atom is 0.305 e. The van der Waals surface area contributed by atoms with Gasteiger partial charge in [-0.3, -0.25) is 14.6 Å². The molecule has 1 aromatic heterocycles. The average molecular weight is 308 g/mol. The molecule has 1 aliphatic heterocycles. The fourth-order valence-electron chi connectivity index (χ4n) is 2.33. The second-order valence-electron chi connectivity index (χ2n) is 4.92. The Kier molecular flexibility index (Phi) is 6.04. The van der Waals surface area contributed by atoms with E-state index in [1.807, 2.05) is 17.0 Å². The van der Waals surface area contributed by atoms with Gasteiger partial charge in [0.2, 0.25) is 5.91 Å². The number of ether oxygens (including phenoxy) is 1. The number of pyridine rings is 1. The summed E-state index contributed by atoms with van der Waals surface area (Å²) < 4.78 is 4.61. The Bertz CT molecular complexity index is 481. The first-order valence-electron chi connectivity index (χ1n) is 7.10. The van der Waals surface area contributed by atoms with E-state index in [2.05, 4.69) is 9.72 Å². The van der Waals surface area contributed by atoms with Crippen molar-refractivity contribution in [1.82, 2.24) is 9.88 Å². The zero-order valence-electron chi connectivity index (χ0n) is 12.2. The molecule has 0 aromatic carbocycles. The Labute approximate surface area is 129 Å². The zero-order chi connectivity index (χ0) is 15.1. The summed E-state index contributed by atoms with van der Waals surface area (Å²) in [7, 11) is 1.40. The van der Waals surface area contributed by atoms with Gasteiger partial charge in [0.05, 0.1) is 12.9 Å². The van der Waals surface area contributed by atoms with Gasteiger partial charge in [-0.25, -0.2) is 0 Å². The summed E-state index contributed by atoms with van der Waals surface area (Å²) in [6, 6.07) is 3.92. The van der Waals surface area contributed by atoms with E-state index in [0.717, 1.165) is 31.4 Å². The standard InChI is InChI=1S/C15H20N2O3S/c1-20-14(19)5-3-2-4-10-17-13(18)11-21-15(17)12-6-8-16-9-7-12/h6-9,15H,2-5,10-11H2,1H3. The van der Waals surface area contributed by atoms with E-state index in [4.69, 9.17) is 0 Å². The van der Waals surface area contributed by atoms with E-state index >= 15 is 0 Å². The van der Waals surface area contributed by atoms with Gasteiger partial charge in [-0.2, -0.15) is 0 Å². The number of carbonyl (C=O) groups excluding carboxylic acids is 2. The molecule has 1 aromatic rings. The fraction of sp³-hybridized carbons (Fsp3) is 0.533. The minimum atomic E-state index is -0.169. The van der Waals surface area contributed by atoms with Crippen LogP contribution in [0.2, 0.25) is 0 Å². The zero-order valence-corrected chi connectivity index (χ0v) is 13.0. The van der Waals surface area contributed by atoms with Crippen molar-refractivity contribution >= 4 is 23.6 Å². The van der Waals surface area contributed by atoms with E-state index < -0.39 is 0 Å². The molecule has 6 heteroatoms. The Balaban J connectivity index is 1.80. The molecule has 1 amide bonds. The minimum absolute atomic E-state index is 0.0982. The van der Waals surface area contributed by atoms with Crippen LogP contribution in [0.15, 0.2) is 24.5 Å². The third kappa shape index (κ3) is 4.46. The highest BCUT2D eigenvalue weighted by molar-refractivity contribution is 8.00. The predicted molar refractivity (Wildman–Crippen MR) is 81.6 cm³/mol. The first kappa shape index (κ1) is 15.8. The minimum Gasteiger partial charge on any atom is -0.469 e. The van der Waals surface area contributed by atoms with Crippen LogP contribution in [0.3, 0.4) is 0 Å². The maximum atomic E-state index is 12.0. The summed E-state index contributed by atoms with van der Waals surface area (Å²) in [6.07, 6.45) is 6.60. The Hall–Kier alpha value is -1.56. The van der Waals surface area contributed by atoms with Crippen molar-refractivity contribution in [2.75, 3.05) is 19.4 Å². The lowest BCUT2D eigenvalue weighted by molar-refractivity contribution is -0.140. The smallest absolute Gasteiger partial charge is 0.305 e. The van der Waals surface area contributed by atoms with Gasteiger partial charge >= 0.3 is 5.97 Å². The second kappa shape index (κ2) is 8.02. The molecule has 0 bridgehead atoms. The van der Waals surface area contributed by atoms with E-state index in [-0.39, 0.29) is 17.3 Å². The molecule has 2 heterocycles. The highest BCUT2D eigenvalue weighted by atomic mass is 32.2. The number of hydrogen-bond donors (Lipinski definition) is 0. The molecule has 1 saturated heterocycles. The van der Waals surface area contributed by atoms with E-state index in [9.17, 15) is 9.59 Å². The Morgan fingerprint density at radius 3 is 2.86 bits per heavy atom. The topological polar surface area (TPSA) is 59.5 Å². The van der Waals surface area contributed by atoms with Crippen molar-refractivity contribution in [3.8, 4) is 0 Å². The third-order valence-electron chi connectivity index (χ3n) is 3.47. The number of rotatable bonds is 7. The second-order valence-corrected chi connectivity index (χ2v) is 5.99. The molecule has 0 aliphatic carbocycles. The molecule has 1 atom stereocenters. The number of esters is 1.